The number of benzene rings is 1. The van der Waals surface area contributed by atoms with Crippen molar-refractivity contribution in [2.45, 2.75) is 25.6 Å². The number of nitrogens with one attached hydrogen (secondary N) is 2. The highest BCUT2D eigenvalue weighted by Crippen LogP contribution is 2.16. The van der Waals surface area contributed by atoms with Crippen molar-refractivity contribution in [3.05, 3.63) is 47.6 Å². The minimum absolute atomic E-state index is 0.0423. The van der Waals surface area contributed by atoms with Crippen molar-refractivity contribution in [2.75, 3.05) is 0 Å². The lowest BCUT2D eigenvalue weighted by Crippen LogP contribution is -2.47. The Labute approximate surface area is 110 Å². The molecule has 3 rings (SSSR count). The van der Waals surface area contributed by atoms with E-state index in [2.05, 4.69) is 37.4 Å². The normalized spacial score (nSPS) is 17.8. The summed E-state index contributed by atoms with van der Waals surface area (Å²) in [6.07, 6.45) is 1.95. The van der Waals surface area contributed by atoms with Crippen molar-refractivity contribution in [1.82, 2.24) is 20.8 Å². The molecule has 0 saturated heterocycles. The Bertz CT molecular complexity index is 568. The summed E-state index contributed by atoms with van der Waals surface area (Å²) >= 11 is 0. The molecule has 98 valence electrons. The zero-order chi connectivity index (χ0) is 13.1. The molecular formula is C13H14N4O2. The van der Waals surface area contributed by atoms with Crippen LogP contribution in [0.4, 0.5) is 0 Å². The summed E-state index contributed by atoms with van der Waals surface area (Å²) in [7, 11) is 0. The number of hydrogen-bond donors (Lipinski definition) is 2. The summed E-state index contributed by atoms with van der Waals surface area (Å²) in [6.45, 7) is 1.01. The van der Waals surface area contributed by atoms with Gasteiger partial charge in [-0.2, -0.15) is 4.98 Å². The minimum Gasteiger partial charge on any atom is -0.347 e. The van der Waals surface area contributed by atoms with Gasteiger partial charge in [-0.15, -0.1) is 0 Å². The summed E-state index contributed by atoms with van der Waals surface area (Å²) in [5, 5.41) is 9.68. The van der Waals surface area contributed by atoms with Gasteiger partial charge in [-0.1, -0.05) is 29.4 Å². The first kappa shape index (κ1) is 11.9. The molecule has 0 aliphatic carbocycles. The van der Waals surface area contributed by atoms with Gasteiger partial charge in [-0.05, 0) is 17.5 Å². The molecule has 0 unspecified atom stereocenters. The Morgan fingerprint density at radius 3 is 3.05 bits per heavy atom. The second-order valence-electron chi connectivity index (χ2n) is 4.47. The molecule has 1 atom stereocenters. The van der Waals surface area contributed by atoms with Crippen LogP contribution in [-0.4, -0.2) is 22.1 Å². The molecule has 1 aliphatic heterocycles. The average Bonchev–Trinajstić information content (AvgIpc) is 2.97. The lowest BCUT2D eigenvalue weighted by Gasteiger charge is -2.25. The predicted molar refractivity (Wildman–Crippen MR) is 66.9 cm³/mol. The fourth-order valence-corrected chi connectivity index (χ4v) is 2.20. The standard InChI is InChI=1S/C13H14N4O2/c18-13(15-7-12-16-8-19-17-12)11-5-9-3-1-2-4-10(9)6-14-11/h1-4,8,11,14H,5-7H2,(H,15,18)/t11-/m0/s1. The Hall–Kier alpha value is -2.21. The highest BCUT2D eigenvalue weighted by atomic mass is 16.5. The molecule has 19 heavy (non-hydrogen) atoms. The van der Waals surface area contributed by atoms with E-state index < -0.39 is 0 Å². The first-order chi connectivity index (χ1) is 9.33. The Morgan fingerprint density at radius 1 is 1.42 bits per heavy atom. The second kappa shape index (κ2) is 5.19. The van der Waals surface area contributed by atoms with Gasteiger partial charge in [0, 0.05) is 6.54 Å². The van der Waals surface area contributed by atoms with Crippen LogP contribution >= 0.6 is 0 Å². The van der Waals surface area contributed by atoms with Crippen molar-refractivity contribution in [1.29, 1.82) is 0 Å². The lowest BCUT2D eigenvalue weighted by atomic mass is 9.95. The van der Waals surface area contributed by atoms with Crippen LogP contribution in [0.5, 0.6) is 0 Å². The van der Waals surface area contributed by atoms with E-state index in [-0.39, 0.29) is 18.5 Å². The van der Waals surface area contributed by atoms with Crippen LogP contribution in [0.25, 0.3) is 0 Å². The van der Waals surface area contributed by atoms with Gasteiger partial charge in [0.15, 0.2) is 5.82 Å². The first-order valence-corrected chi connectivity index (χ1v) is 6.16. The van der Waals surface area contributed by atoms with E-state index in [9.17, 15) is 4.79 Å². The van der Waals surface area contributed by atoms with Crippen molar-refractivity contribution in [3.8, 4) is 0 Å². The maximum atomic E-state index is 12.0. The molecule has 6 heteroatoms. The number of fused-ring (bicyclic) bond motifs is 1. The summed E-state index contributed by atoms with van der Waals surface area (Å²) in [4.78, 5) is 15.9. The zero-order valence-electron chi connectivity index (χ0n) is 10.3. The average molecular weight is 258 g/mol. The highest BCUT2D eigenvalue weighted by molar-refractivity contribution is 5.82. The maximum Gasteiger partial charge on any atom is 0.237 e. The third-order valence-electron chi connectivity index (χ3n) is 3.23. The minimum atomic E-state index is -0.207. The van der Waals surface area contributed by atoms with E-state index in [0.717, 1.165) is 6.54 Å². The second-order valence-corrected chi connectivity index (χ2v) is 4.47. The van der Waals surface area contributed by atoms with Gasteiger partial charge in [0.1, 0.15) is 0 Å². The quantitative estimate of drug-likeness (QED) is 0.833. The number of amides is 1. The van der Waals surface area contributed by atoms with E-state index >= 15 is 0 Å². The number of aromatic nitrogens is 2. The summed E-state index contributed by atoms with van der Waals surface area (Å²) < 4.78 is 4.61. The SMILES string of the molecule is O=C(NCc1ncon1)[C@@H]1Cc2ccccc2CN1. The number of nitrogens with zero attached hydrogens (tertiary/aromatic N) is 2. The van der Waals surface area contributed by atoms with Gasteiger partial charge < -0.3 is 15.2 Å². The topological polar surface area (TPSA) is 80.1 Å². The fraction of sp³-hybridized carbons (Fsp3) is 0.308. The molecule has 2 heterocycles. The fourth-order valence-electron chi connectivity index (χ4n) is 2.20. The molecule has 0 fully saturated rings. The third-order valence-corrected chi connectivity index (χ3v) is 3.23. The van der Waals surface area contributed by atoms with Gasteiger partial charge in [0.25, 0.3) is 0 Å². The van der Waals surface area contributed by atoms with E-state index in [4.69, 9.17) is 0 Å². The van der Waals surface area contributed by atoms with Crippen LogP contribution in [-0.2, 0) is 24.3 Å². The number of rotatable bonds is 3. The Morgan fingerprint density at radius 2 is 2.26 bits per heavy atom. The van der Waals surface area contributed by atoms with Gasteiger partial charge in [0.2, 0.25) is 12.3 Å². The van der Waals surface area contributed by atoms with Gasteiger partial charge in [-0.25, -0.2) is 0 Å². The van der Waals surface area contributed by atoms with Gasteiger partial charge in [0.05, 0.1) is 12.6 Å². The van der Waals surface area contributed by atoms with E-state index in [1.807, 2.05) is 12.1 Å². The van der Waals surface area contributed by atoms with E-state index in [0.29, 0.717) is 12.2 Å². The van der Waals surface area contributed by atoms with Crippen LogP contribution in [0.15, 0.2) is 35.2 Å². The molecule has 0 radical (unpaired) electrons. The van der Waals surface area contributed by atoms with Gasteiger partial charge in [-0.3, -0.25) is 4.79 Å². The number of carbonyl (C=O) groups excluding carboxylic acids is 1. The predicted octanol–water partition coefficient (Wildman–Crippen LogP) is 0.400. The molecule has 1 aromatic heterocycles. The van der Waals surface area contributed by atoms with Crippen LogP contribution in [0.3, 0.4) is 0 Å². The Balaban J connectivity index is 1.60. The molecule has 1 aromatic carbocycles. The number of hydrogen-bond acceptors (Lipinski definition) is 5. The maximum absolute atomic E-state index is 12.0. The lowest BCUT2D eigenvalue weighted by molar-refractivity contribution is -0.123. The largest absolute Gasteiger partial charge is 0.347 e. The van der Waals surface area contributed by atoms with Crippen LogP contribution in [0.2, 0.25) is 0 Å². The van der Waals surface area contributed by atoms with E-state index in [1.165, 1.54) is 17.5 Å². The number of carbonyl (C=O) groups is 1. The summed E-state index contributed by atoms with van der Waals surface area (Å²) in [6, 6.07) is 7.95. The van der Waals surface area contributed by atoms with Crippen molar-refractivity contribution >= 4 is 5.91 Å². The van der Waals surface area contributed by atoms with Crippen LogP contribution in [0.1, 0.15) is 17.0 Å². The van der Waals surface area contributed by atoms with Gasteiger partial charge >= 0.3 is 0 Å². The summed E-state index contributed by atoms with van der Waals surface area (Å²) in [5.74, 6) is 0.434. The molecule has 0 saturated carbocycles. The molecule has 1 amide bonds. The van der Waals surface area contributed by atoms with Crippen molar-refractivity contribution in [2.24, 2.45) is 0 Å². The third kappa shape index (κ3) is 2.63. The molecule has 1 aliphatic rings. The van der Waals surface area contributed by atoms with E-state index in [1.54, 1.807) is 0 Å². The molecule has 6 nitrogen and oxygen atoms in total. The van der Waals surface area contributed by atoms with Crippen molar-refractivity contribution < 1.29 is 9.32 Å². The smallest absolute Gasteiger partial charge is 0.237 e. The van der Waals surface area contributed by atoms with Crippen LogP contribution in [0, 0.1) is 0 Å². The first-order valence-electron chi connectivity index (χ1n) is 6.16. The highest BCUT2D eigenvalue weighted by Gasteiger charge is 2.23. The van der Waals surface area contributed by atoms with Crippen LogP contribution < -0.4 is 10.6 Å². The monoisotopic (exact) mass is 258 g/mol. The molecule has 0 spiro atoms. The molecular weight excluding hydrogens is 244 g/mol. The zero-order valence-corrected chi connectivity index (χ0v) is 10.3. The molecule has 0 bridgehead atoms. The summed E-state index contributed by atoms with van der Waals surface area (Å²) in [5.41, 5.74) is 2.48. The van der Waals surface area contributed by atoms with Crippen molar-refractivity contribution in [3.63, 3.8) is 0 Å². The Kier molecular flexibility index (Phi) is 3.24. The molecule has 2 N–H and O–H groups in total. The molecule has 2 aromatic rings.